The van der Waals surface area contributed by atoms with Crippen LogP contribution in [0.25, 0.3) is 0 Å². The first kappa shape index (κ1) is 10.9. The molecule has 16 heavy (non-hydrogen) atoms. The summed E-state index contributed by atoms with van der Waals surface area (Å²) in [6.07, 6.45) is 1.31. The Morgan fingerprint density at radius 1 is 1.38 bits per heavy atom. The Morgan fingerprint density at radius 3 is 2.88 bits per heavy atom. The molecule has 0 fully saturated rings. The van der Waals surface area contributed by atoms with E-state index in [0.29, 0.717) is 5.75 Å². The zero-order valence-electron chi connectivity index (χ0n) is 8.53. The van der Waals surface area contributed by atoms with E-state index in [-0.39, 0.29) is 11.4 Å². The smallest absolute Gasteiger partial charge is 0.254 e. The lowest BCUT2D eigenvalue weighted by Crippen LogP contribution is -2.04. The van der Waals surface area contributed by atoms with Crippen LogP contribution in [0.4, 0.5) is 0 Å². The molecule has 4 nitrogen and oxygen atoms in total. The van der Waals surface area contributed by atoms with Gasteiger partial charge in [-0.15, -0.1) is 0 Å². The summed E-state index contributed by atoms with van der Waals surface area (Å²) in [5.74, 6) is 0.900. The van der Waals surface area contributed by atoms with Crippen molar-refractivity contribution >= 4 is 15.9 Å². The van der Waals surface area contributed by atoms with Gasteiger partial charge in [-0.05, 0) is 40.5 Å². The normalized spacial score (nSPS) is 10.1. The number of aromatic nitrogens is 2. The van der Waals surface area contributed by atoms with Crippen LogP contribution in [-0.2, 0) is 0 Å². The number of H-pyrrole nitrogens is 1. The van der Waals surface area contributed by atoms with Crippen molar-refractivity contribution in [2.24, 2.45) is 0 Å². The zero-order chi connectivity index (χ0) is 11.5. The molecule has 0 bridgehead atoms. The Bertz CT molecular complexity index is 566. The van der Waals surface area contributed by atoms with Crippen LogP contribution in [0.2, 0.25) is 0 Å². The molecule has 1 heterocycles. The fourth-order valence-corrected chi connectivity index (χ4v) is 1.78. The number of rotatable bonds is 2. The highest BCUT2D eigenvalue weighted by atomic mass is 79.9. The average molecular weight is 281 g/mol. The maximum Gasteiger partial charge on any atom is 0.254 e. The Balaban J connectivity index is 2.30. The summed E-state index contributed by atoms with van der Waals surface area (Å²) in [6.45, 7) is 1.99. The minimum Gasteiger partial charge on any atom is -0.438 e. The number of aryl methyl sites for hydroxylation is 1. The third-order valence-corrected chi connectivity index (χ3v) is 2.57. The van der Waals surface area contributed by atoms with Crippen LogP contribution in [0.5, 0.6) is 11.6 Å². The summed E-state index contributed by atoms with van der Waals surface area (Å²) < 4.78 is 6.30. The highest BCUT2D eigenvalue weighted by molar-refractivity contribution is 9.10. The van der Waals surface area contributed by atoms with Crippen molar-refractivity contribution in [3.8, 4) is 11.6 Å². The second-order valence-corrected chi connectivity index (χ2v) is 4.14. The fraction of sp³-hybridized carbons (Fsp3) is 0.0909. The van der Waals surface area contributed by atoms with E-state index in [4.69, 9.17) is 4.74 Å². The van der Waals surface area contributed by atoms with Gasteiger partial charge in [-0.2, -0.15) is 0 Å². The number of hydrogen-bond donors (Lipinski definition) is 1. The van der Waals surface area contributed by atoms with Gasteiger partial charge in [0, 0.05) is 0 Å². The molecule has 0 aliphatic carbocycles. The molecule has 0 atom stereocenters. The molecule has 0 aliphatic heterocycles. The number of nitrogens with zero attached hydrogens (tertiary/aromatic N) is 1. The minimum absolute atomic E-state index is 0.242. The predicted octanol–water partition coefficient (Wildman–Crippen LogP) is 2.63. The van der Waals surface area contributed by atoms with E-state index in [9.17, 15) is 4.79 Å². The molecule has 1 N–H and O–H groups in total. The third kappa shape index (κ3) is 2.49. The quantitative estimate of drug-likeness (QED) is 0.920. The Hall–Kier alpha value is -1.62. The molecule has 0 spiro atoms. The van der Waals surface area contributed by atoms with Crippen molar-refractivity contribution in [3.63, 3.8) is 0 Å². The molecule has 0 unspecified atom stereocenters. The maximum atomic E-state index is 11.0. The fourth-order valence-electron chi connectivity index (χ4n) is 1.21. The number of ether oxygens (including phenoxy) is 1. The molecule has 0 aliphatic rings. The molecular weight excluding hydrogens is 272 g/mol. The van der Waals surface area contributed by atoms with Gasteiger partial charge >= 0.3 is 0 Å². The van der Waals surface area contributed by atoms with Crippen LogP contribution in [-0.4, -0.2) is 9.97 Å². The Kier molecular flexibility index (Phi) is 3.05. The van der Waals surface area contributed by atoms with E-state index in [2.05, 4.69) is 25.9 Å². The highest BCUT2D eigenvalue weighted by Crippen LogP contribution is 2.28. The molecule has 5 heteroatoms. The van der Waals surface area contributed by atoms with Crippen molar-refractivity contribution in [3.05, 3.63) is 51.0 Å². The average Bonchev–Trinajstić information content (AvgIpc) is 2.22. The van der Waals surface area contributed by atoms with E-state index in [1.807, 2.05) is 25.1 Å². The summed E-state index contributed by atoms with van der Waals surface area (Å²) >= 11 is 3.38. The van der Waals surface area contributed by atoms with Crippen LogP contribution in [0, 0.1) is 6.92 Å². The minimum atomic E-state index is -0.242. The van der Waals surface area contributed by atoms with Gasteiger partial charge in [0.1, 0.15) is 5.75 Å². The summed E-state index contributed by atoms with van der Waals surface area (Å²) in [5.41, 5.74) is 0.881. The molecular formula is C11H9BrN2O2. The first-order valence-corrected chi connectivity index (χ1v) is 5.43. The molecule has 2 aromatic rings. The summed E-state index contributed by atoms with van der Waals surface area (Å²) in [4.78, 5) is 17.4. The monoisotopic (exact) mass is 280 g/mol. The Morgan fingerprint density at radius 2 is 2.19 bits per heavy atom. The molecule has 0 saturated heterocycles. The summed E-state index contributed by atoms with van der Waals surface area (Å²) in [7, 11) is 0. The first-order valence-electron chi connectivity index (χ1n) is 4.64. The van der Waals surface area contributed by atoms with Crippen molar-refractivity contribution < 1.29 is 4.74 Å². The van der Waals surface area contributed by atoms with Crippen molar-refractivity contribution in [1.29, 1.82) is 0 Å². The van der Waals surface area contributed by atoms with E-state index in [1.54, 1.807) is 0 Å². The standard InChI is InChI=1S/C11H9BrN2O2/c1-7-2-3-9(8(12)4-7)16-11-5-10(15)13-6-14-11/h2-6H,1H3,(H,13,14,15). The number of benzene rings is 1. The van der Waals surface area contributed by atoms with Gasteiger partial charge in [0.05, 0.1) is 16.9 Å². The van der Waals surface area contributed by atoms with Gasteiger partial charge in [-0.3, -0.25) is 4.79 Å². The van der Waals surface area contributed by atoms with Crippen molar-refractivity contribution in [1.82, 2.24) is 9.97 Å². The Labute approximate surface area is 100 Å². The molecule has 0 amide bonds. The van der Waals surface area contributed by atoms with Crippen LogP contribution in [0.3, 0.4) is 0 Å². The maximum absolute atomic E-state index is 11.0. The number of halogens is 1. The lowest BCUT2D eigenvalue weighted by molar-refractivity contribution is 0.457. The topological polar surface area (TPSA) is 55.0 Å². The first-order chi connectivity index (χ1) is 7.65. The molecule has 0 saturated carbocycles. The summed E-state index contributed by atoms with van der Waals surface area (Å²) in [5, 5.41) is 0. The number of nitrogens with one attached hydrogen (secondary N) is 1. The molecule has 2 rings (SSSR count). The van der Waals surface area contributed by atoms with Crippen LogP contribution < -0.4 is 10.3 Å². The van der Waals surface area contributed by atoms with Crippen molar-refractivity contribution in [2.75, 3.05) is 0 Å². The van der Waals surface area contributed by atoms with Gasteiger partial charge in [0.15, 0.2) is 0 Å². The molecule has 82 valence electrons. The summed E-state index contributed by atoms with van der Waals surface area (Å²) in [6, 6.07) is 6.98. The second kappa shape index (κ2) is 4.49. The lowest BCUT2D eigenvalue weighted by Gasteiger charge is -2.06. The SMILES string of the molecule is Cc1ccc(Oc2cc(=O)[nH]cn2)c(Br)c1. The van der Waals surface area contributed by atoms with Gasteiger partial charge in [0.2, 0.25) is 5.88 Å². The zero-order valence-corrected chi connectivity index (χ0v) is 10.1. The number of aromatic amines is 1. The second-order valence-electron chi connectivity index (χ2n) is 3.29. The highest BCUT2D eigenvalue weighted by Gasteiger charge is 2.03. The van der Waals surface area contributed by atoms with Crippen LogP contribution in [0.1, 0.15) is 5.56 Å². The van der Waals surface area contributed by atoms with Crippen molar-refractivity contribution in [2.45, 2.75) is 6.92 Å². The lowest BCUT2D eigenvalue weighted by atomic mass is 10.2. The number of hydrogen-bond acceptors (Lipinski definition) is 3. The van der Waals surface area contributed by atoms with Gasteiger partial charge in [-0.25, -0.2) is 4.98 Å². The van der Waals surface area contributed by atoms with Crippen LogP contribution in [0.15, 0.2) is 39.9 Å². The van der Waals surface area contributed by atoms with E-state index in [1.165, 1.54) is 12.4 Å². The molecule has 1 aromatic heterocycles. The van der Waals surface area contributed by atoms with Gasteiger partial charge in [0.25, 0.3) is 5.56 Å². The van der Waals surface area contributed by atoms with E-state index < -0.39 is 0 Å². The largest absolute Gasteiger partial charge is 0.438 e. The van der Waals surface area contributed by atoms with Crippen LogP contribution >= 0.6 is 15.9 Å². The molecule has 1 aromatic carbocycles. The predicted molar refractivity (Wildman–Crippen MR) is 63.8 cm³/mol. The van der Waals surface area contributed by atoms with E-state index >= 15 is 0 Å². The van der Waals surface area contributed by atoms with E-state index in [0.717, 1.165) is 10.0 Å². The van der Waals surface area contributed by atoms with Gasteiger partial charge < -0.3 is 9.72 Å². The molecule has 0 radical (unpaired) electrons. The third-order valence-electron chi connectivity index (χ3n) is 1.96. The van der Waals surface area contributed by atoms with Gasteiger partial charge in [-0.1, -0.05) is 6.07 Å².